The van der Waals surface area contributed by atoms with Crippen LogP contribution in [0.1, 0.15) is 6.92 Å². The zero-order valence-corrected chi connectivity index (χ0v) is 7.43. The summed E-state index contributed by atoms with van der Waals surface area (Å²) in [6, 6.07) is -0.160. The molecule has 1 fully saturated rings. The molecule has 0 bridgehead atoms. The average Bonchev–Trinajstić information content (AvgIpc) is 2.16. The van der Waals surface area contributed by atoms with Crippen LogP contribution in [0.5, 0.6) is 0 Å². The third-order valence-corrected chi connectivity index (χ3v) is 3.41. The normalized spacial score (nSPS) is 42.9. The van der Waals surface area contributed by atoms with Gasteiger partial charge in [-0.1, -0.05) is 24.3 Å². The van der Waals surface area contributed by atoms with Gasteiger partial charge in [0.1, 0.15) is 0 Å². The molecule has 0 aromatic rings. The van der Waals surface area contributed by atoms with E-state index >= 15 is 0 Å². The van der Waals surface area contributed by atoms with Crippen LogP contribution in [0.2, 0.25) is 0 Å². The Kier molecular flexibility index (Phi) is 1.45. The zero-order valence-electron chi connectivity index (χ0n) is 6.61. The molecule has 1 heterocycles. The van der Waals surface area contributed by atoms with Gasteiger partial charge in [0.25, 0.3) is 10.2 Å². The van der Waals surface area contributed by atoms with E-state index in [1.54, 1.807) is 0 Å². The maximum atomic E-state index is 11.1. The third kappa shape index (κ3) is 1.10. The van der Waals surface area contributed by atoms with Gasteiger partial charge in [0.15, 0.2) is 0 Å². The summed E-state index contributed by atoms with van der Waals surface area (Å²) in [7, 11) is -3.29. The van der Waals surface area contributed by atoms with E-state index in [1.165, 1.54) is 0 Å². The highest BCUT2D eigenvalue weighted by molar-refractivity contribution is 7.87. The lowest BCUT2D eigenvalue weighted by Gasteiger charge is -2.24. The molecule has 1 aliphatic heterocycles. The number of fused-ring (bicyclic) bond motifs is 1. The molecule has 0 amide bonds. The Morgan fingerprint density at radius 2 is 2.17 bits per heavy atom. The molecule has 1 saturated heterocycles. The largest absolute Gasteiger partial charge is 0.278 e. The van der Waals surface area contributed by atoms with Crippen LogP contribution in [0.15, 0.2) is 24.3 Å². The quantitative estimate of drug-likeness (QED) is 0.544. The number of allylic oxidation sites excluding steroid dienone is 2. The SMILES string of the molecule is CC12C=CC=CC1NS(=O)(=O)N2. The van der Waals surface area contributed by atoms with E-state index < -0.39 is 15.7 Å². The van der Waals surface area contributed by atoms with E-state index in [4.69, 9.17) is 0 Å². The highest BCUT2D eigenvalue weighted by Gasteiger charge is 2.43. The van der Waals surface area contributed by atoms with Gasteiger partial charge in [-0.3, -0.25) is 0 Å². The summed E-state index contributed by atoms with van der Waals surface area (Å²) in [5.74, 6) is 0. The van der Waals surface area contributed by atoms with Gasteiger partial charge in [0, 0.05) is 0 Å². The van der Waals surface area contributed by atoms with Crippen LogP contribution >= 0.6 is 0 Å². The molecule has 4 nitrogen and oxygen atoms in total. The second-order valence-electron chi connectivity index (χ2n) is 3.23. The first-order valence-electron chi connectivity index (χ1n) is 3.69. The van der Waals surface area contributed by atoms with Crippen molar-refractivity contribution in [3.63, 3.8) is 0 Å². The predicted molar refractivity (Wildman–Crippen MR) is 45.7 cm³/mol. The van der Waals surface area contributed by atoms with Gasteiger partial charge >= 0.3 is 0 Å². The van der Waals surface area contributed by atoms with Crippen molar-refractivity contribution in [1.29, 1.82) is 0 Å². The maximum absolute atomic E-state index is 11.1. The Morgan fingerprint density at radius 3 is 2.83 bits per heavy atom. The zero-order chi connectivity index (χ0) is 8.82. The topological polar surface area (TPSA) is 58.2 Å². The van der Waals surface area contributed by atoms with E-state index in [0.717, 1.165) is 0 Å². The minimum Gasteiger partial charge on any atom is -0.195 e. The summed E-state index contributed by atoms with van der Waals surface area (Å²) in [5, 5.41) is 0. The van der Waals surface area contributed by atoms with Crippen molar-refractivity contribution in [1.82, 2.24) is 9.44 Å². The molecule has 0 aromatic heterocycles. The van der Waals surface area contributed by atoms with Crippen LogP contribution < -0.4 is 9.44 Å². The highest BCUT2D eigenvalue weighted by Crippen LogP contribution is 2.23. The maximum Gasteiger partial charge on any atom is 0.278 e. The van der Waals surface area contributed by atoms with Crippen LogP contribution in [-0.2, 0) is 10.2 Å². The number of nitrogens with one attached hydrogen (secondary N) is 2. The van der Waals surface area contributed by atoms with E-state index in [9.17, 15) is 8.42 Å². The molecule has 0 spiro atoms. The van der Waals surface area contributed by atoms with Gasteiger partial charge in [0.2, 0.25) is 0 Å². The number of hydrogen-bond acceptors (Lipinski definition) is 2. The molecule has 12 heavy (non-hydrogen) atoms. The molecule has 2 unspecified atom stereocenters. The molecular formula is C7H10N2O2S. The fraction of sp³-hybridized carbons (Fsp3) is 0.429. The molecule has 0 aromatic carbocycles. The summed E-state index contributed by atoms with van der Waals surface area (Å²) in [4.78, 5) is 0. The molecule has 2 aliphatic rings. The van der Waals surface area contributed by atoms with Crippen LogP contribution in [0.3, 0.4) is 0 Å². The molecule has 66 valence electrons. The van der Waals surface area contributed by atoms with Crippen molar-refractivity contribution in [2.75, 3.05) is 0 Å². The van der Waals surface area contributed by atoms with Crippen molar-refractivity contribution < 1.29 is 8.42 Å². The summed E-state index contributed by atoms with van der Waals surface area (Å²) in [6.07, 6.45) is 7.35. The van der Waals surface area contributed by atoms with Gasteiger partial charge in [-0.2, -0.15) is 17.9 Å². The second-order valence-corrected chi connectivity index (χ2v) is 4.67. The molecule has 2 atom stereocenters. The van der Waals surface area contributed by atoms with Crippen LogP contribution in [0.25, 0.3) is 0 Å². The Bertz CT molecular complexity index is 358. The average molecular weight is 186 g/mol. The van der Waals surface area contributed by atoms with E-state index in [1.807, 2.05) is 31.2 Å². The standard InChI is InChI=1S/C7H10N2O2S/c1-7-5-3-2-4-6(7)8-12(10,11)9-7/h2-6,8-9H,1H3. The first kappa shape index (κ1) is 7.97. The summed E-state index contributed by atoms with van der Waals surface area (Å²) < 4.78 is 27.3. The molecule has 5 heteroatoms. The minimum absolute atomic E-state index is 0.160. The van der Waals surface area contributed by atoms with E-state index in [-0.39, 0.29) is 6.04 Å². The van der Waals surface area contributed by atoms with Crippen LogP contribution in [0, 0.1) is 0 Å². The Hall–Kier alpha value is -0.650. The van der Waals surface area contributed by atoms with Crippen LogP contribution in [-0.4, -0.2) is 20.0 Å². The monoisotopic (exact) mass is 186 g/mol. The van der Waals surface area contributed by atoms with Crippen LogP contribution in [0.4, 0.5) is 0 Å². The number of hydrogen-bond donors (Lipinski definition) is 2. The Balaban J connectivity index is 2.43. The molecular weight excluding hydrogens is 176 g/mol. The molecule has 0 saturated carbocycles. The van der Waals surface area contributed by atoms with E-state index in [2.05, 4.69) is 9.44 Å². The van der Waals surface area contributed by atoms with Gasteiger partial charge in [0.05, 0.1) is 11.6 Å². The Labute approximate surface area is 71.5 Å². The van der Waals surface area contributed by atoms with Gasteiger partial charge < -0.3 is 0 Å². The van der Waals surface area contributed by atoms with Crippen molar-refractivity contribution in [3.8, 4) is 0 Å². The van der Waals surface area contributed by atoms with Gasteiger partial charge in [-0.05, 0) is 6.92 Å². The fourth-order valence-electron chi connectivity index (χ4n) is 1.48. The minimum atomic E-state index is -3.29. The second kappa shape index (κ2) is 2.18. The first-order chi connectivity index (χ1) is 5.52. The third-order valence-electron chi connectivity index (χ3n) is 2.14. The van der Waals surface area contributed by atoms with Crippen molar-refractivity contribution >= 4 is 10.2 Å². The first-order valence-corrected chi connectivity index (χ1v) is 5.17. The Morgan fingerprint density at radius 1 is 1.42 bits per heavy atom. The highest BCUT2D eigenvalue weighted by atomic mass is 32.2. The van der Waals surface area contributed by atoms with Gasteiger partial charge in [-0.25, -0.2) is 0 Å². The van der Waals surface area contributed by atoms with Crippen molar-refractivity contribution in [2.45, 2.75) is 18.5 Å². The predicted octanol–water partition coefficient (Wildman–Crippen LogP) is -0.323. The summed E-state index contributed by atoms with van der Waals surface area (Å²) in [6.45, 7) is 1.84. The van der Waals surface area contributed by atoms with Crippen molar-refractivity contribution in [3.05, 3.63) is 24.3 Å². The van der Waals surface area contributed by atoms with Crippen molar-refractivity contribution in [2.24, 2.45) is 0 Å². The lowest BCUT2D eigenvalue weighted by atomic mass is 9.90. The smallest absolute Gasteiger partial charge is 0.195 e. The lowest BCUT2D eigenvalue weighted by Crippen LogP contribution is -2.44. The number of rotatable bonds is 0. The molecule has 1 aliphatic carbocycles. The molecule has 2 N–H and O–H groups in total. The lowest BCUT2D eigenvalue weighted by molar-refractivity contribution is 0.493. The molecule has 0 radical (unpaired) electrons. The van der Waals surface area contributed by atoms with E-state index in [0.29, 0.717) is 0 Å². The fourth-order valence-corrected chi connectivity index (χ4v) is 2.97. The summed E-state index contributed by atoms with van der Waals surface area (Å²) in [5.41, 5.74) is -0.492. The van der Waals surface area contributed by atoms with Gasteiger partial charge in [-0.15, -0.1) is 0 Å². The summed E-state index contributed by atoms with van der Waals surface area (Å²) >= 11 is 0. The molecule has 2 rings (SSSR count).